The molecular weight excluding hydrogens is 268 g/mol. The van der Waals surface area contributed by atoms with E-state index in [4.69, 9.17) is 4.42 Å². The first-order chi connectivity index (χ1) is 9.84. The minimum absolute atomic E-state index is 0.0447. The third-order valence-corrected chi connectivity index (χ3v) is 4.21. The zero-order valence-electron chi connectivity index (χ0n) is 11.2. The summed E-state index contributed by atoms with van der Waals surface area (Å²) in [7, 11) is 0. The average Bonchev–Trinajstić information content (AvgIpc) is 3.18. The van der Waals surface area contributed by atoms with E-state index < -0.39 is 0 Å². The lowest BCUT2D eigenvalue weighted by Crippen LogP contribution is -2.24. The fourth-order valence-corrected chi connectivity index (χ4v) is 2.85. The number of hydrogen-bond acceptors (Lipinski definition) is 4. The molecule has 0 saturated carbocycles. The van der Waals surface area contributed by atoms with Crippen molar-refractivity contribution in [2.24, 2.45) is 0 Å². The van der Waals surface area contributed by atoms with Crippen molar-refractivity contribution in [2.45, 2.75) is 19.0 Å². The smallest absolute Gasteiger partial charge is 0.125 e. The number of nitrogens with one attached hydrogen (secondary N) is 1. The molecule has 20 heavy (non-hydrogen) atoms. The van der Waals surface area contributed by atoms with Gasteiger partial charge in [-0.2, -0.15) is 0 Å². The van der Waals surface area contributed by atoms with Crippen LogP contribution in [0.4, 0.5) is 0 Å². The van der Waals surface area contributed by atoms with Crippen molar-refractivity contribution in [3.8, 4) is 0 Å². The van der Waals surface area contributed by atoms with Gasteiger partial charge < -0.3 is 4.42 Å². The molecule has 0 bridgehead atoms. The average molecular weight is 284 g/mol. The molecule has 3 rings (SSSR count). The predicted molar refractivity (Wildman–Crippen MR) is 80.7 cm³/mol. The topological polar surface area (TPSA) is 38.1 Å². The molecule has 1 aromatic carbocycles. The van der Waals surface area contributed by atoms with E-state index in [0.29, 0.717) is 0 Å². The van der Waals surface area contributed by atoms with Crippen LogP contribution in [0.3, 0.4) is 0 Å². The summed E-state index contributed by atoms with van der Waals surface area (Å²) < 4.78 is 5.59. The summed E-state index contributed by atoms with van der Waals surface area (Å²) in [5.41, 5.74) is 3.05. The van der Waals surface area contributed by atoms with Gasteiger partial charge in [-0.3, -0.25) is 10.3 Å². The minimum atomic E-state index is 0.0447. The highest BCUT2D eigenvalue weighted by Crippen LogP contribution is 2.27. The summed E-state index contributed by atoms with van der Waals surface area (Å²) in [4.78, 5) is 5.36. The van der Waals surface area contributed by atoms with Gasteiger partial charge in [-0.25, -0.2) is 0 Å². The van der Waals surface area contributed by atoms with Crippen LogP contribution in [0.5, 0.6) is 0 Å². The number of rotatable bonds is 5. The Morgan fingerprint density at radius 1 is 1.15 bits per heavy atom. The second kappa shape index (κ2) is 6.03. The van der Waals surface area contributed by atoms with Crippen LogP contribution in [-0.4, -0.2) is 4.98 Å². The third kappa shape index (κ3) is 2.81. The summed E-state index contributed by atoms with van der Waals surface area (Å²) in [5, 5.41) is 3.61. The van der Waals surface area contributed by atoms with Gasteiger partial charge in [0.25, 0.3) is 0 Å². The Morgan fingerprint density at radius 2 is 2.00 bits per heavy atom. The number of furan rings is 1. The molecule has 3 nitrogen and oxygen atoms in total. The first-order valence-corrected chi connectivity index (χ1v) is 7.45. The second-order valence-electron chi connectivity index (χ2n) is 4.65. The largest absolute Gasteiger partial charge is 0.467 e. The van der Waals surface area contributed by atoms with Crippen LogP contribution in [0.2, 0.25) is 0 Å². The van der Waals surface area contributed by atoms with E-state index in [1.54, 1.807) is 17.6 Å². The summed E-state index contributed by atoms with van der Waals surface area (Å²) in [6.45, 7) is 2.15. The SMILES string of the molecule is CC(NC(c1ccccc1)c1ccco1)c1cncs1. The molecule has 2 heterocycles. The maximum absolute atomic E-state index is 5.59. The van der Waals surface area contributed by atoms with Crippen molar-refractivity contribution >= 4 is 11.3 Å². The van der Waals surface area contributed by atoms with E-state index in [-0.39, 0.29) is 12.1 Å². The van der Waals surface area contributed by atoms with Crippen molar-refractivity contribution in [1.82, 2.24) is 10.3 Å². The maximum atomic E-state index is 5.59. The quantitative estimate of drug-likeness (QED) is 0.764. The first-order valence-electron chi connectivity index (χ1n) is 6.57. The van der Waals surface area contributed by atoms with Gasteiger partial charge in [-0.15, -0.1) is 11.3 Å². The third-order valence-electron chi connectivity index (χ3n) is 3.26. The number of thiazole rings is 1. The molecule has 0 fully saturated rings. The Bertz CT molecular complexity index is 620. The van der Waals surface area contributed by atoms with Gasteiger partial charge >= 0.3 is 0 Å². The highest BCUT2D eigenvalue weighted by Gasteiger charge is 2.20. The van der Waals surface area contributed by atoms with Gasteiger partial charge in [0.15, 0.2) is 0 Å². The normalized spacial score (nSPS) is 14.1. The lowest BCUT2D eigenvalue weighted by atomic mass is 10.0. The molecule has 0 aliphatic rings. The van der Waals surface area contributed by atoms with Crippen molar-refractivity contribution < 1.29 is 4.42 Å². The highest BCUT2D eigenvalue weighted by atomic mass is 32.1. The van der Waals surface area contributed by atoms with Crippen LogP contribution in [0.1, 0.15) is 35.2 Å². The molecule has 0 saturated heterocycles. The number of benzene rings is 1. The minimum Gasteiger partial charge on any atom is -0.467 e. The Labute approximate surface area is 122 Å². The van der Waals surface area contributed by atoms with Crippen molar-refractivity contribution in [3.63, 3.8) is 0 Å². The molecular formula is C16H16N2OS. The highest BCUT2D eigenvalue weighted by molar-refractivity contribution is 7.09. The summed E-state index contributed by atoms with van der Waals surface area (Å²) in [6.07, 6.45) is 3.62. The standard InChI is InChI=1S/C16H16N2OS/c1-12(15-10-17-11-20-15)18-16(14-8-5-9-19-14)13-6-3-2-4-7-13/h2-12,16,18H,1H3. The molecule has 2 unspecified atom stereocenters. The lowest BCUT2D eigenvalue weighted by Gasteiger charge is -2.21. The van der Waals surface area contributed by atoms with Crippen LogP contribution in [0.25, 0.3) is 0 Å². The van der Waals surface area contributed by atoms with E-state index >= 15 is 0 Å². The van der Waals surface area contributed by atoms with Gasteiger partial charge in [0.05, 0.1) is 17.8 Å². The Kier molecular flexibility index (Phi) is 3.95. The molecule has 0 aliphatic heterocycles. The molecule has 0 aliphatic carbocycles. The number of aromatic nitrogens is 1. The van der Waals surface area contributed by atoms with E-state index in [9.17, 15) is 0 Å². The summed E-state index contributed by atoms with van der Waals surface area (Å²) >= 11 is 1.66. The van der Waals surface area contributed by atoms with Crippen LogP contribution >= 0.6 is 11.3 Å². The van der Waals surface area contributed by atoms with Gasteiger partial charge in [-0.1, -0.05) is 30.3 Å². The molecule has 102 valence electrons. The Balaban J connectivity index is 1.87. The van der Waals surface area contributed by atoms with Crippen molar-refractivity contribution in [1.29, 1.82) is 0 Å². The monoisotopic (exact) mass is 284 g/mol. The number of nitrogens with zero attached hydrogens (tertiary/aromatic N) is 1. The van der Waals surface area contributed by atoms with Crippen molar-refractivity contribution in [2.75, 3.05) is 0 Å². The van der Waals surface area contributed by atoms with Crippen molar-refractivity contribution in [3.05, 3.63) is 76.6 Å². The molecule has 0 spiro atoms. The summed E-state index contributed by atoms with van der Waals surface area (Å²) in [6, 6.07) is 14.5. The number of hydrogen-bond donors (Lipinski definition) is 1. The maximum Gasteiger partial charge on any atom is 0.125 e. The fraction of sp³-hybridized carbons (Fsp3) is 0.188. The second-order valence-corrected chi connectivity index (χ2v) is 5.57. The fourth-order valence-electron chi connectivity index (χ4n) is 2.22. The molecule has 4 heteroatoms. The zero-order chi connectivity index (χ0) is 13.8. The zero-order valence-corrected chi connectivity index (χ0v) is 12.0. The lowest BCUT2D eigenvalue weighted by molar-refractivity contribution is 0.421. The molecule has 0 amide bonds. The molecule has 0 radical (unpaired) electrons. The van der Waals surface area contributed by atoms with Crippen LogP contribution in [-0.2, 0) is 0 Å². The van der Waals surface area contributed by atoms with Gasteiger partial charge in [0.1, 0.15) is 5.76 Å². The van der Waals surface area contributed by atoms with E-state index in [1.807, 2.05) is 42.0 Å². The Hall–Kier alpha value is -1.91. The molecule has 2 atom stereocenters. The predicted octanol–water partition coefficient (Wildman–Crippen LogP) is 4.18. The van der Waals surface area contributed by atoms with E-state index in [2.05, 4.69) is 29.4 Å². The van der Waals surface area contributed by atoms with Gasteiger partial charge in [0.2, 0.25) is 0 Å². The molecule has 1 N–H and O–H groups in total. The van der Waals surface area contributed by atoms with Gasteiger partial charge in [-0.05, 0) is 24.6 Å². The van der Waals surface area contributed by atoms with E-state index in [1.165, 1.54) is 10.4 Å². The molecule has 2 aromatic heterocycles. The molecule has 3 aromatic rings. The van der Waals surface area contributed by atoms with Gasteiger partial charge in [0, 0.05) is 17.1 Å². The summed E-state index contributed by atoms with van der Waals surface area (Å²) in [5.74, 6) is 0.924. The van der Waals surface area contributed by atoms with Crippen LogP contribution < -0.4 is 5.32 Å². The Morgan fingerprint density at radius 3 is 2.65 bits per heavy atom. The van der Waals surface area contributed by atoms with Crippen LogP contribution in [0, 0.1) is 0 Å². The first kappa shape index (κ1) is 13.1. The van der Waals surface area contributed by atoms with Crippen LogP contribution in [0.15, 0.2) is 64.9 Å². The van der Waals surface area contributed by atoms with E-state index in [0.717, 1.165) is 5.76 Å².